The first-order valence-electron chi connectivity index (χ1n) is 7.23. The molecular weight excluding hydrogens is 313 g/mol. The highest BCUT2D eigenvalue weighted by atomic mass is 32.1. The van der Waals surface area contributed by atoms with Gasteiger partial charge in [0, 0.05) is 17.5 Å². The lowest BCUT2D eigenvalue weighted by Gasteiger charge is -2.13. The Bertz CT molecular complexity index is 727. The number of aliphatic hydroxyl groups excluding tert-OH is 1. The van der Waals surface area contributed by atoms with Gasteiger partial charge in [0.25, 0.3) is 0 Å². The molecule has 0 aliphatic heterocycles. The second kappa shape index (κ2) is 7.35. The molecule has 0 bridgehead atoms. The van der Waals surface area contributed by atoms with E-state index in [2.05, 4.69) is 4.98 Å². The molecular formula is C18H16FNO2S. The highest BCUT2D eigenvalue weighted by Crippen LogP contribution is 2.19. The number of aromatic nitrogens is 1. The van der Waals surface area contributed by atoms with E-state index in [-0.39, 0.29) is 12.4 Å². The molecule has 3 nitrogen and oxygen atoms in total. The molecule has 2 aromatic carbocycles. The van der Waals surface area contributed by atoms with Crippen LogP contribution in [-0.4, -0.2) is 16.7 Å². The van der Waals surface area contributed by atoms with Gasteiger partial charge in [-0.05, 0) is 35.4 Å². The third-order valence-corrected chi connectivity index (χ3v) is 4.23. The van der Waals surface area contributed by atoms with Crippen molar-refractivity contribution in [1.29, 1.82) is 0 Å². The summed E-state index contributed by atoms with van der Waals surface area (Å²) < 4.78 is 18.4. The molecule has 118 valence electrons. The lowest BCUT2D eigenvalue weighted by molar-refractivity contribution is 0.108. The van der Waals surface area contributed by atoms with Crippen LogP contribution in [0.15, 0.2) is 60.2 Å². The molecule has 0 saturated carbocycles. The minimum atomic E-state index is -0.785. The van der Waals surface area contributed by atoms with Crippen molar-refractivity contribution in [3.8, 4) is 5.75 Å². The van der Waals surface area contributed by atoms with Crippen molar-refractivity contribution in [2.24, 2.45) is 0 Å². The summed E-state index contributed by atoms with van der Waals surface area (Å²) >= 11 is 1.63. The van der Waals surface area contributed by atoms with Gasteiger partial charge in [0.05, 0.1) is 5.51 Å². The summed E-state index contributed by atoms with van der Waals surface area (Å²) in [6.45, 7) is 0.125. The van der Waals surface area contributed by atoms with Crippen LogP contribution < -0.4 is 4.74 Å². The van der Waals surface area contributed by atoms with Gasteiger partial charge in [-0.25, -0.2) is 4.39 Å². The van der Waals surface area contributed by atoms with Gasteiger partial charge in [0.15, 0.2) is 0 Å². The second-order valence-electron chi connectivity index (χ2n) is 5.17. The van der Waals surface area contributed by atoms with Crippen molar-refractivity contribution in [3.63, 3.8) is 0 Å². The summed E-state index contributed by atoms with van der Waals surface area (Å²) in [5.41, 5.74) is 3.64. The zero-order valence-electron chi connectivity index (χ0n) is 12.4. The Hall–Kier alpha value is -2.24. The first-order chi connectivity index (χ1) is 11.2. The predicted octanol–water partition coefficient (Wildman–Crippen LogP) is 3.99. The van der Waals surface area contributed by atoms with E-state index in [0.717, 1.165) is 6.42 Å². The number of benzene rings is 2. The summed E-state index contributed by atoms with van der Waals surface area (Å²) in [6.07, 6.45) is 1.93. The summed E-state index contributed by atoms with van der Waals surface area (Å²) in [5, 5.41) is 10.0. The highest BCUT2D eigenvalue weighted by molar-refractivity contribution is 7.09. The number of hydrogen-bond donors (Lipinski definition) is 1. The minimum absolute atomic E-state index is 0.125. The Morgan fingerprint density at radius 1 is 1.09 bits per heavy atom. The minimum Gasteiger partial charge on any atom is -0.491 e. The fraction of sp³-hybridized carbons (Fsp3) is 0.167. The van der Waals surface area contributed by atoms with Gasteiger partial charge in [-0.15, -0.1) is 11.3 Å². The Morgan fingerprint density at radius 3 is 2.48 bits per heavy atom. The molecule has 0 fully saturated rings. The molecule has 5 heteroatoms. The summed E-state index contributed by atoms with van der Waals surface area (Å²) in [6, 6.07) is 13.5. The molecule has 0 aliphatic carbocycles. The van der Waals surface area contributed by atoms with Gasteiger partial charge in [-0.3, -0.25) is 4.98 Å². The SMILES string of the molecule is OC(COc1ccc(Cc2cncs2)cc1)c1ccc(F)cc1. The van der Waals surface area contributed by atoms with Crippen molar-refractivity contribution >= 4 is 11.3 Å². The first-order valence-corrected chi connectivity index (χ1v) is 8.11. The van der Waals surface area contributed by atoms with Crippen LogP contribution in [0.4, 0.5) is 4.39 Å². The first kappa shape index (κ1) is 15.6. The fourth-order valence-corrected chi connectivity index (χ4v) is 2.82. The van der Waals surface area contributed by atoms with Crippen LogP contribution in [0.5, 0.6) is 5.75 Å². The summed E-state index contributed by atoms with van der Waals surface area (Å²) in [5.74, 6) is 0.373. The molecule has 0 spiro atoms. The number of rotatable bonds is 6. The van der Waals surface area contributed by atoms with Gasteiger partial charge < -0.3 is 9.84 Å². The number of hydrogen-bond acceptors (Lipinski definition) is 4. The molecule has 1 N–H and O–H groups in total. The second-order valence-corrected chi connectivity index (χ2v) is 6.14. The maximum absolute atomic E-state index is 12.9. The Balaban J connectivity index is 1.54. The lowest BCUT2D eigenvalue weighted by Crippen LogP contribution is -2.09. The standard InChI is InChI=1S/C18H16FNO2S/c19-15-5-3-14(4-6-15)18(21)11-22-16-7-1-13(2-8-16)9-17-10-20-12-23-17/h1-8,10,12,18,21H,9,11H2. The van der Waals surface area contributed by atoms with Crippen LogP contribution >= 0.6 is 11.3 Å². The smallest absolute Gasteiger partial charge is 0.123 e. The van der Waals surface area contributed by atoms with Crippen LogP contribution in [-0.2, 0) is 6.42 Å². The number of ether oxygens (including phenoxy) is 1. The van der Waals surface area contributed by atoms with Gasteiger partial charge >= 0.3 is 0 Å². The molecule has 0 saturated heterocycles. The van der Waals surface area contributed by atoms with Crippen LogP contribution in [0.3, 0.4) is 0 Å². The van der Waals surface area contributed by atoms with E-state index < -0.39 is 6.10 Å². The molecule has 1 unspecified atom stereocenters. The highest BCUT2D eigenvalue weighted by Gasteiger charge is 2.08. The van der Waals surface area contributed by atoms with Crippen LogP contribution in [0, 0.1) is 5.82 Å². The van der Waals surface area contributed by atoms with Crippen molar-refractivity contribution in [2.75, 3.05) is 6.61 Å². The number of aliphatic hydroxyl groups is 1. The van der Waals surface area contributed by atoms with Gasteiger partial charge in [0.1, 0.15) is 24.3 Å². The molecule has 0 amide bonds. The van der Waals surface area contributed by atoms with E-state index in [1.54, 1.807) is 23.5 Å². The van der Waals surface area contributed by atoms with Gasteiger partial charge in [-0.2, -0.15) is 0 Å². The van der Waals surface area contributed by atoms with Crippen molar-refractivity contribution in [3.05, 3.63) is 82.1 Å². The summed E-state index contributed by atoms with van der Waals surface area (Å²) in [7, 11) is 0. The van der Waals surface area contributed by atoms with Crippen LogP contribution in [0.1, 0.15) is 22.1 Å². The van der Waals surface area contributed by atoms with E-state index in [4.69, 9.17) is 4.74 Å². The molecule has 0 radical (unpaired) electrons. The predicted molar refractivity (Wildman–Crippen MR) is 88.2 cm³/mol. The molecule has 0 aliphatic rings. The van der Waals surface area contributed by atoms with Crippen molar-refractivity contribution in [1.82, 2.24) is 4.98 Å². The van der Waals surface area contributed by atoms with E-state index in [1.807, 2.05) is 36.0 Å². The fourth-order valence-electron chi connectivity index (χ4n) is 2.19. The van der Waals surface area contributed by atoms with Crippen LogP contribution in [0.25, 0.3) is 0 Å². The monoisotopic (exact) mass is 329 g/mol. The number of halogens is 1. The van der Waals surface area contributed by atoms with Crippen LogP contribution in [0.2, 0.25) is 0 Å². The van der Waals surface area contributed by atoms with E-state index in [1.165, 1.54) is 22.6 Å². The third-order valence-electron chi connectivity index (χ3n) is 3.45. The van der Waals surface area contributed by atoms with Crippen molar-refractivity contribution < 1.29 is 14.2 Å². The van der Waals surface area contributed by atoms with Gasteiger partial charge in [-0.1, -0.05) is 24.3 Å². The maximum Gasteiger partial charge on any atom is 0.123 e. The summed E-state index contributed by atoms with van der Waals surface area (Å²) in [4.78, 5) is 5.27. The van der Waals surface area contributed by atoms with E-state index in [9.17, 15) is 9.50 Å². The van der Waals surface area contributed by atoms with E-state index >= 15 is 0 Å². The topological polar surface area (TPSA) is 42.4 Å². The largest absolute Gasteiger partial charge is 0.491 e. The maximum atomic E-state index is 12.9. The third kappa shape index (κ3) is 4.37. The molecule has 1 heterocycles. The van der Waals surface area contributed by atoms with Gasteiger partial charge in [0.2, 0.25) is 0 Å². The average molecular weight is 329 g/mol. The molecule has 3 rings (SSSR count). The Kier molecular flexibility index (Phi) is 5.00. The Morgan fingerprint density at radius 2 is 1.83 bits per heavy atom. The lowest BCUT2D eigenvalue weighted by atomic mass is 10.1. The number of nitrogens with zero attached hydrogens (tertiary/aromatic N) is 1. The zero-order valence-corrected chi connectivity index (χ0v) is 13.2. The zero-order chi connectivity index (χ0) is 16.1. The molecule has 1 atom stereocenters. The molecule has 3 aromatic rings. The molecule has 1 aromatic heterocycles. The quantitative estimate of drug-likeness (QED) is 0.744. The number of thiazole rings is 1. The Labute approximate surface area is 138 Å². The molecule has 23 heavy (non-hydrogen) atoms. The average Bonchev–Trinajstić information content (AvgIpc) is 3.07. The normalized spacial score (nSPS) is 12.1. The van der Waals surface area contributed by atoms with Crippen molar-refractivity contribution in [2.45, 2.75) is 12.5 Å². The van der Waals surface area contributed by atoms with E-state index in [0.29, 0.717) is 11.3 Å².